The molecule has 1 aliphatic heterocycles. The number of nitrogens with one attached hydrogen (secondary N) is 1. The second kappa shape index (κ2) is 8.68. The number of benzene rings is 1. The number of nitrogens with zero attached hydrogens (tertiary/aromatic N) is 5. The maximum Gasteiger partial charge on any atom is 0.276 e. The van der Waals surface area contributed by atoms with Crippen LogP contribution in [0.2, 0.25) is 0 Å². The number of hydrogen-bond donors (Lipinski definition) is 1. The van der Waals surface area contributed by atoms with Crippen molar-refractivity contribution < 1.29 is 17.9 Å². The largest absolute Gasteiger partial charge is 0.379 e. The predicted octanol–water partition coefficient (Wildman–Crippen LogP) is 1.62. The van der Waals surface area contributed by atoms with Gasteiger partial charge in [0.1, 0.15) is 6.67 Å². The van der Waals surface area contributed by atoms with Gasteiger partial charge >= 0.3 is 0 Å². The van der Waals surface area contributed by atoms with E-state index in [9.17, 15) is 13.2 Å². The highest BCUT2D eigenvalue weighted by molar-refractivity contribution is 9.10. The first-order valence-corrected chi connectivity index (χ1v) is 11.4. The van der Waals surface area contributed by atoms with Crippen LogP contribution in [0.15, 0.2) is 58.3 Å². The standard InChI is InChI=1S/C18H19BrN6O4S/c19-14-11-20-24(12-14)13-23-6-5-17(22-23)18(26)21-15-1-3-16(4-2-15)30(27,28)25-7-9-29-10-8-25/h1-6,11-12H,7-10,13H2,(H,21,26). The highest BCUT2D eigenvalue weighted by Crippen LogP contribution is 2.19. The van der Waals surface area contributed by atoms with Crippen molar-refractivity contribution in [3.8, 4) is 0 Å². The summed E-state index contributed by atoms with van der Waals surface area (Å²) in [4.78, 5) is 12.6. The lowest BCUT2D eigenvalue weighted by Gasteiger charge is -2.26. The maximum absolute atomic E-state index is 12.7. The number of carbonyl (C=O) groups is 1. The molecule has 0 spiro atoms. The summed E-state index contributed by atoms with van der Waals surface area (Å²) in [5, 5.41) is 11.1. The molecule has 12 heteroatoms. The van der Waals surface area contributed by atoms with Gasteiger partial charge in [-0.1, -0.05) is 0 Å². The van der Waals surface area contributed by atoms with Crippen molar-refractivity contribution in [3.05, 3.63) is 59.1 Å². The molecule has 0 aliphatic carbocycles. The van der Waals surface area contributed by atoms with E-state index in [1.54, 1.807) is 46.2 Å². The molecule has 0 bridgehead atoms. The summed E-state index contributed by atoms with van der Waals surface area (Å²) in [6.45, 7) is 1.81. The average Bonchev–Trinajstić information content (AvgIpc) is 3.38. The summed E-state index contributed by atoms with van der Waals surface area (Å²) < 4.78 is 36.0. The molecule has 0 unspecified atom stereocenters. The number of amides is 1. The van der Waals surface area contributed by atoms with Gasteiger partial charge in [0.25, 0.3) is 5.91 Å². The van der Waals surface area contributed by atoms with Crippen molar-refractivity contribution in [1.29, 1.82) is 0 Å². The maximum atomic E-state index is 12.7. The van der Waals surface area contributed by atoms with Crippen molar-refractivity contribution in [3.63, 3.8) is 0 Å². The van der Waals surface area contributed by atoms with Crippen LogP contribution in [0.25, 0.3) is 0 Å². The fraction of sp³-hybridized carbons (Fsp3) is 0.278. The lowest BCUT2D eigenvalue weighted by atomic mass is 10.3. The molecule has 1 aromatic carbocycles. The minimum Gasteiger partial charge on any atom is -0.379 e. The molecule has 3 aromatic rings. The Hall–Kier alpha value is -2.54. The van der Waals surface area contributed by atoms with Crippen LogP contribution < -0.4 is 5.32 Å². The van der Waals surface area contributed by atoms with Gasteiger partial charge in [-0.2, -0.15) is 14.5 Å². The van der Waals surface area contributed by atoms with E-state index in [4.69, 9.17) is 4.74 Å². The fourth-order valence-electron chi connectivity index (χ4n) is 2.97. The minimum atomic E-state index is -3.57. The molecule has 4 rings (SSSR count). The Morgan fingerprint density at radius 3 is 2.53 bits per heavy atom. The monoisotopic (exact) mass is 494 g/mol. The lowest BCUT2D eigenvalue weighted by Crippen LogP contribution is -2.40. The van der Waals surface area contributed by atoms with E-state index in [-0.39, 0.29) is 16.5 Å². The number of hydrogen-bond acceptors (Lipinski definition) is 6. The fourth-order valence-corrected chi connectivity index (χ4v) is 4.70. The summed E-state index contributed by atoms with van der Waals surface area (Å²) >= 11 is 3.33. The Kier molecular flexibility index (Phi) is 5.99. The second-order valence-electron chi connectivity index (χ2n) is 6.57. The third kappa shape index (κ3) is 4.61. The number of rotatable bonds is 6. The summed E-state index contributed by atoms with van der Waals surface area (Å²) in [6.07, 6.45) is 5.15. The highest BCUT2D eigenvalue weighted by atomic mass is 79.9. The minimum absolute atomic E-state index is 0.178. The Balaban J connectivity index is 1.40. The Labute approximate surface area is 181 Å². The third-order valence-corrected chi connectivity index (χ3v) is 6.81. The number of carbonyl (C=O) groups excluding carboxylic acids is 1. The van der Waals surface area contributed by atoms with Crippen molar-refractivity contribution >= 4 is 37.5 Å². The molecular formula is C18H19BrN6O4S. The van der Waals surface area contributed by atoms with Crippen molar-refractivity contribution in [2.45, 2.75) is 11.6 Å². The molecule has 30 heavy (non-hydrogen) atoms. The number of morpholine rings is 1. The average molecular weight is 495 g/mol. The first-order valence-electron chi connectivity index (χ1n) is 9.12. The van der Waals surface area contributed by atoms with Crippen LogP contribution in [0.4, 0.5) is 5.69 Å². The van der Waals surface area contributed by atoms with Crippen molar-refractivity contribution in [2.75, 3.05) is 31.6 Å². The number of ether oxygens (including phenoxy) is 1. The van der Waals surface area contributed by atoms with Gasteiger partial charge in [0.2, 0.25) is 10.0 Å². The van der Waals surface area contributed by atoms with E-state index in [2.05, 4.69) is 31.4 Å². The highest BCUT2D eigenvalue weighted by Gasteiger charge is 2.26. The Morgan fingerprint density at radius 1 is 1.13 bits per heavy atom. The lowest BCUT2D eigenvalue weighted by molar-refractivity contribution is 0.0730. The summed E-state index contributed by atoms with van der Waals surface area (Å²) in [5.41, 5.74) is 0.720. The zero-order valence-electron chi connectivity index (χ0n) is 15.8. The molecule has 3 heterocycles. The number of aromatic nitrogens is 4. The van der Waals surface area contributed by atoms with E-state index < -0.39 is 10.0 Å². The number of sulfonamides is 1. The van der Waals surface area contributed by atoms with Gasteiger partial charge in [0.05, 0.1) is 28.8 Å². The molecular weight excluding hydrogens is 476 g/mol. The molecule has 1 fully saturated rings. The zero-order valence-corrected chi connectivity index (χ0v) is 18.2. The van der Waals surface area contributed by atoms with Crippen LogP contribution in [0.5, 0.6) is 0 Å². The van der Waals surface area contributed by atoms with Crippen LogP contribution in [0.1, 0.15) is 10.5 Å². The number of halogens is 1. The van der Waals surface area contributed by atoms with Crippen LogP contribution in [0.3, 0.4) is 0 Å². The van der Waals surface area contributed by atoms with E-state index in [1.807, 2.05) is 0 Å². The van der Waals surface area contributed by atoms with Gasteiger partial charge < -0.3 is 10.1 Å². The van der Waals surface area contributed by atoms with Gasteiger partial charge in [-0.3, -0.25) is 9.48 Å². The van der Waals surface area contributed by atoms with E-state index >= 15 is 0 Å². The van der Waals surface area contributed by atoms with E-state index in [1.165, 1.54) is 16.4 Å². The van der Waals surface area contributed by atoms with Crippen LogP contribution in [-0.4, -0.2) is 64.5 Å². The second-order valence-corrected chi connectivity index (χ2v) is 9.43. The third-order valence-electron chi connectivity index (χ3n) is 4.48. The normalized spacial score (nSPS) is 15.2. The molecule has 0 saturated carbocycles. The van der Waals surface area contributed by atoms with Crippen molar-refractivity contribution in [2.24, 2.45) is 0 Å². The Morgan fingerprint density at radius 2 is 1.87 bits per heavy atom. The Bertz CT molecular complexity index is 1140. The first kappa shape index (κ1) is 20.7. The first-order chi connectivity index (χ1) is 14.4. The van der Waals surface area contributed by atoms with Crippen LogP contribution in [-0.2, 0) is 21.4 Å². The van der Waals surface area contributed by atoms with E-state index in [0.717, 1.165) is 4.47 Å². The molecule has 2 aromatic heterocycles. The topological polar surface area (TPSA) is 111 Å². The van der Waals surface area contributed by atoms with Gasteiger partial charge in [-0.05, 0) is 46.3 Å². The van der Waals surface area contributed by atoms with Crippen LogP contribution >= 0.6 is 15.9 Å². The summed E-state index contributed by atoms with van der Waals surface area (Å²) in [6, 6.07) is 7.68. The van der Waals surface area contributed by atoms with E-state index in [0.29, 0.717) is 38.7 Å². The molecule has 10 nitrogen and oxygen atoms in total. The van der Waals surface area contributed by atoms with Gasteiger partial charge in [0.15, 0.2) is 5.69 Å². The summed E-state index contributed by atoms with van der Waals surface area (Å²) in [5.74, 6) is -0.390. The molecule has 1 N–H and O–H groups in total. The predicted molar refractivity (Wildman–Crippen MR) is 112 cm³/mol. The molecule has 1 saturated heterocycles. The van der Waals surface area contributed by atoms with Gasteiger partial charge in [-0.25, -0.2) is 13.1 Å². The number of anilines is 1. The molecule has 0 atom stereocenters. The molecule has 1 aliphatic rings. The summed E-state index contributed by atoms with van der Waals surface area (Å²) in [7, 11) is -3.57. The van der Waals surface area contributed by atoms with Crippen molar-refractivity contribution in [1.82, 2.24) is 23.9 Å². The quantitative estimate of drug-likeness (QED) is 0.557. The van der Waals surface area contributed by atoms with Gasteiger partial charge in [0, 0.05) is 31.2 Å². The zero-order chi connectivity index (χ0) is 21.1. The van der Waals surface area contributed by atoms with Crippen LogP contribution in [0, 0.1) is 0 Å². The molecule has 1 amide bonds. The van der Waals surface area contributed by atoms with Gasteiger partial charge in [-0.15, -0.1) is 0 Å². The molecule has 0 radical (unpaired) electrons. The smallest absolute Gasteiger partial charge is 0.276 e. The molecule has 158 valence electrons. The SMILES string of the molecule is O=C(Nc1ccc(S(=O)(=O)N2CCOCC2)cc1)c1ccn(Cn2cc(Br)cn2)n1.